The number of halogens is 1. The monoisotopic (exact) mass is 254 g/mol. The summed E-state index contributed by atoms with van der Waals surface area (Å²) in [4.78, 5) is 17.6. The average Bonchev–Trinajstić information content (AvgIpc) is 2.48. The maximum Gasteiger partial charge on any atom is 0.354 e. The van der Waals surface area contributed by atoms with Crippen molar-refractivity contribution in [2.45, 2.75) is 6.92 Å². The molecule has 5 heteroatoms. The highest BCUT2D eigenvalue weighted by Crippen LogP contribution is 2.26. The number of carbonyl (C=O) groups is 1. The van der Waals surface area contributed by atoms with Crippen molar-refractivity contribution >= 4 is 32.9 Å². The van der Waals surface area contributed by atoms with Crippen LogP contribution in [0.2, 0.25) is 0 Å². The number of carboxylic acids is 1. The van der Waals surface area contributed by atoms with Gasteiger partial charge in [-0.2, -0.15) is 0 Å². The van der Waals surface area contributed by atoms with Crippen LogP contribution in [-0.4, -0.2) is 21.0 Å². The summed E-state index contributed by atoms with van der Waals surface area (Å²) in [5, 5.41) is 9.70. The first kappa shape index (κ1) is 9.21. The zero-order valence-corrected chi connectivity index (χ0v) is 8.92. The molecule has 0 aliphatic heterocycles. The Bertz CT molecular complexity index is 519. The predicted octanol–water partition coefficient (Wildman–Crippen LogP) is 2.33. The summed E-state index contributed by atoms with van der Waals surface area (Å²) in [6.45, 7) is 1.94. The van der Waals surface area contributed by atoms with Crippen LogP contribution in [0.5, 0.6) is 0 Å². The van der Waals surface area contributed by atoms with Crippen LogP contribution in [0.4, 0.5) is 0 Å². The van der Waals surface area contributed by atoms with E-state index in [1.165, 1.54) is 6.07 Å². The quantitative estimate of drug-likeness (QED) is 0.821. The highest BCUT2D eigenvalue weighted by Gasteiger charge is 2.11. The number of hydrogen-bond acceptors (Lipinski definition) is 2. The molecule has 0 fully saturated rings. The third-order valence-electron chi connectivity index (χ3n) is 2.01. The van der Waals surface area contributed by atoms with Gasteiger partial charge in [0, 0.05) is 16.1 Å². The zero-order valence-electron chi connectivity index (χ0n) is 7.34. The van der Waals surface area contributed by atoms with Gasteiger partial charge in [-0.25, -0.2) is 9.78 Å². The Morgan fingerprint density at radius 1 is 1.64 bits per heavy atom. The number of nitrogens with one attached hydrogen (secondary N) is 1. The van der Waals surface area contributed by atoms with Crippen molar-refractivity contribution in [2.75, 3.05) is 0 Å². The van der Waals surface area contributed by atoms with Gasteiger partial charge in [0.15, 0.2) is 5.69 Å². The molecule has 0 amide bonds. The molecule has 0 unspecified atom stereocenters. The first-order chi connectivity index (χ1) is 6.59. The van der Waals surface area contributed by atoms with E-state index in [9.17, 15) is 4.79 Å². The van der Waals surface area contributed by atoms with Gasteiger partial charge in [-0.3, -0.25) is 0 Å². The van der Waals surface area contributed by atoms with Crippen molar-refractivity contribution in [3.8, 4) is 0 Å². The second-order valence-electron chi connectivity index (χ2n) is 2.99. The fourth-order valence-corrected chi connectivity index (χ4v) is 2.07. The van der Waals surface area contributed by atoms with Gasteiger partial charge in [-0.15, -0.1) is 0 Å². The number of aromatic amines is 1. The molecule has 2 heterocycles. The summed E-state index contributed by atoms with van der Waals surface area (Å²) >= 11 is 3.32. The van der Waals surface area contributed by atoms with E-state index in [0.717, 1.165) is 15.4 Å². The molecule has 0 saturated heterocycles. The van der Waals surface area contributed by atoms with E-state index in [-0.39, 0.29) is 5.69 Å². The molecule has 0 aromatic carbocycles. The van der Waals surface area contributed by atoms with Crippen molar-refractivity contribution in [2.24, 2.45) is 0 Å². The van der Waals surface area contributed by atoms with Crippen LogP contribution in [0.15, 0.2) is 16.7 Å². The maximum atomic E-state index is 10.7. The van der Waals surface area contributed by atoms with Crippen molar-refractivity contribution in [3.63, 3.8) is 0 Å². The largest absolute Gasteiger partial charge is 0.477 e. The predicted molar refractivity (Wildman–Crippen MR) is 55.5 cm³/mol. The minimum absolute atomic E-state index is 0.0335. The molecule has 0 spiro atoms. The van der Waals surface area contributed by atoms with E-state index in [0.29, 0.717) is 5.65 Å². The van der Waals surface area contributed by atoms with Gasteiger partial charge in [0.05, 0.1) is 0 Å². The normalized spacial score (nSPS) is 10.7. The molecule has 2 aromatic rings. The fourth-order valence-electron chi connectivity index (χ4n) is 1.35. The molecule has 2 aromatic heterocycles. The van der Waals surface area contributed by atoms with E-state index in [2.05, 4.69) is 25.9 Å². The Labute approximate surface area is 88.1 Å². The van der Waals surface area contributed by atoms with Crippen LogP contribution >= 0.6 is 15.9 Å². The maximum absolute atomic E-state index is 10.7. The van der Waals surface area contributed by atoms with Crippen LogP contribution in [0.3, 0.4) is 0 Å². The highest BCUT2D eigenvalue weighted by atomic mass is 79.9. The van der Waals surface area contributed by atoms with E-state index >= 15 is 0 Å². The van der Waals surface area contributed by atoms with Crippen LogP contribution in [0.1, 0.15) is 16.1 Å². The Kier molecular flexibility index (Phi) is 2.03. The fraction of sp³-hybridized carbons (Fsp3) is 0.111. The molecule has 72 valence electrons. The molecule has 0 saturated carbocycles. The molecule has 0 bridgehead atoms. The van der Waals surface area contributed by atoms with Crippen molar-refractivity contribution < 1.29 is 9.90 Å². The summed E-state index contributed by atoms with van der Waals surface area (Å²) < 4.78 is 0.749. The first-order valence-corrected chi connectivity index (χ1v) is 4.76. The molecule has 2 rings (SSSR count). The third kappa shape index (κ3) is 1.29. The lowest BCUT2D eigenvalue weighted by molar-refractivity contribution is 0.0691. The minimum atomic E-state index is -1.03. The number of aromatic carboxylic acids is 1. The number of hydrogen-bond donors (Lipinski definition) is 2. The number of pyridine rings is 1. The Hall–Kier alpha value is -1.36. The van der Waals surface area contributed by atoms with E-state index in [1.54, 1.807) is 6.20 Å². The summed E-state index contributed by atoms with van der Waals surface area (Å²) in [5.74, 6) is -1.03. The molecule has 0 radical (unpaired) electrons. The van der Waals surface area contributed by atoms with Gasteiger partial charge >= 0.3 is 5.97 Å². The summed E-state index contributed by atoms with van der Waals surface area (Å²) in [6.07, 6.45) is 1.80. The van der Waals surface area contributed by atoms with Crippen molar-refractivity contribution in [1.29, 1.82) is 0 Å². The topological polar surface area (TPSA) is 66.0 Å². The SMILES string of the molecule is Cc1c[nH]c2nc(C(=O)O)cc(Br)c12. The number of nitrogens with zero attached hydrogens (tertiary/aromatic N) is 1. The number of H-pyrrole nitrogens is 1. The van der Waals surface area contributed by atoms with Gasteiger partial charge in [0.1, 0.15) is 5.65 Å². The average molecular weight is 255 g/mol. The number of aromatic nitrogens is 2. The summed E-state index contributed by atoms with van der Waals surface area (Å²) in [5.41, 5.74) is 1.66. The van der Waals surface area contributed by atoms with Gasteiger partial charge in [0.25, 0.3) is 0 Å². The van der Waals surface area contributed by atoms with Gasteiger partial charge in [-0.1, -0.05) is 0 Å². The van der Waals surface area contributed by atoms with Crippen LogP contribution in [0, 0.1) is 6.92 Å². The van der Waals surface area contributed by atoms with Gasteiger partial charge in [0.2, 0.25) is 0 Å². The lowest BCUT2D eigenvalue weighted by atomic mass is 10.2. The number of carboxylic acid groups (broad SMARTS) is 1. The van der Waals surface area contributed by atoms with Crippen molar-refractivity contribution in [1.82, 2.24) is 9.97 Å². The van der Waals surface area contributed by atoms with Gasteiger partial charge in [-0.05, 0) is 34.5 Å². The highest BCUT2D eigenvalue weighted by molar-refractivity contribution is 9.10. The van der Waals surface area contributed by atoms with Gasteiger partial charge < -0.3 is 10.1 Å². The molecule has 0 atom stereocenters. The third-order valence-corrected chi connectivity index (χ3v) is 2.64. The molecular weight excluding hydrogens is 248 g/mol. The molecule has 0 aliphatic carbocycles. The Morgan fingerprint density at radius 3 is 3.00 bits per heavy atom. The second kappa shape index (κ2) is 3.09. The second-order valence-corrected chi connectivity index (χ2v) is 3.84. The molecule has 4 nitrogen and oxygen atoms in total. The van der Waals surface area contributed by atoms with E-state index in [1.807, 2.05) is 6.92 Å². The summed E-state index contributed by atoms with van der Waals surface area (Å²) in [6, 6.07) is 1.51. The number of fused-ring (bicyclic) bond motifs is 1. The molecule has 0 aliphatic rings. The first-order valence-electron chi connectivity index (χ1n) is 3.97. The lowest BCUT2D eigenvalue weighted by Gasteiger charge is -1.98. The lowest BCUT2D eigenvalue weighted by Crippen LogP contribution is -2.00. The standard InChI is InChI=1S/C9H7BrN2O2/c1-4-3-11-8-7(4)5(10)2-6(12-8)9(13)14/h2-3H,1H3,(H,11,12)(H,13,14). The van der Waals surface area contributed by atoms with E-state index < -0.39 is 5.97 Å². The number of rotatable bonds is 1. The molecule has 14 heavy (non-hydrogen) atoms. The number of aryl methyl sites for hydroxylation is 1. The Balaban J connectivity index is 2.80. The van der Waals surface area contributed by atoms with E-state index in [4.69, 9.17) is 5.11 Å². The van der Waals surface area contributed by atoms with Crippen LogP contribution in [-0.2, 0) is 0 Å². The smallest absolute Gasteiger partial charge is 0.354 e. The molecule has 2 N–H and O–H groups in total. The minimum Gasteiger partial charge on any atom is -0.477 e. The Morgan fingerprint density at radius 2 is 2.36 bits per heavy atom. The summed E-state index contributed by atoms with van der Waals surface area (Å²) in [7, 11) is 0. The molecular formula is C9H7BrN2O2. The zero-order chi connectivity index (χ0) is 10.3. The van der Waals surface area contributed by atoms with Crippen LogP contribution in [0.25, 0.3) is 11.0 Å². The van der Waals surface area contributed by atoms with Crippen molar-refractivity contribution in [3.05, 3.63) is 28.0 Å². The van der Waals surface area contributed by atoms with Crippen LogP contribution < -0.4 is 0 Å².